The topological polar surface area (TPSA) is 51.4 Å². The summed E-state index contributed by atoms with van der Waals surface area (Å²) in [6, 6.07) is 5.83. The molecule has 2 aromatic rings. The second-order valence-electron chi connectivity index (χ2n) is 8.76. The first-order valence-corrected chi connectivity index (χ1v) is 11.8. The van der Waals surface area contributed by atoms with Crippen LogP contribution in [0, 0.1) is 11.7 Å². The van der Waals surface area contributed by atoms with Gasteiger partial charge in [0.1, 0.15) is 11.6 Å². The number of piperidine rings is 1. The van der Waals surface area contributed by atoms with Crippen LogP contribution in [0.2, 0.25) is 0 Å². The van der Waals surface area contributed by atoms with Crippen molar-refractivity contribution in [3.63, 3.8) is 0 Å². The van der Waals surface area contributed by atoms with Crippen molar-refractivity contribution in [3.8, 4) is 5.75 Å². The van der Waals surface area contributed by atoms with Gasteiger partial charge in [-0.05, 0) is 49.5 Å². The van der Waals surface area contributed by atoms with Gasteiger partial charge in [-0.3, -0.25) is 0 Å². The summed E-state index contributed by atoms with van der Waals surface area (Å²) in [6.07, 6.45) is 6.31. The van der Waals surface area contributed by atoms with Crippen molar-refractivity contribution in [1.29, 1.82) is 0 Å². The Morgan fingerprint density at radius 2 is 2.03 bits per heavy atom. The van der Waals surface area contributed by atoms with Gasteiger partial charge >= 0.3 is 6.01 Å². The number of aromatic nitrogens is 2. The Labute approximate surface area is 177 Å². The second kappa shape index (κ2) is 9.83. The van der Waals surface area contributed by atoms with Gasteiger partial charge in [-0.15, -0.1) is 0 Å². The van der Waals surface area contributed by atoms with Crippen LogP contribution in [0.5, 0.6) is 5.75 Å². The summed E-state index contributed by atoms with van der Waals surface area (Å²) in [7, 11) is 0. The van der Waals surface area contributed by atoms with Crippen LogP contribution < -0.4 is 9.64 Å². The van der Waals surface area contributed by atoms with Crippen molar-refractivity contribution in [2.75, 3.05) is 30.9 Å². The number of hydrogen-bond acceptors (Lipinski definition) is 6. The van der Waals surface area contributed by atoms with E-state index >= 15 is 0 Å². The van der Waals surface area contributed by atoms with Crippen molar-refractivity contribution in [2.24, 2.45) is 5.92 Å². The zero-order chi connectivity index (χ0) is 20.9. The predicted octanol–water partition coefficient (Wildman–Crippen LogP) is 5.44. The van der Waals surface area contributed by atoms with Crippen LogP contribution in [-0.2, 0) is 11.2 Å². The van der Waals surface area contributed by atoms with E-state index in [2.05, 4.69) is 35.8 Å². The monoisotopic (exact) mass is 421 g/mol. The van der Waals surface area contributed by atoms with Gasteiger partial charge in [0.15, 0.2) is 5.82 Å². The number of rotatable bonds is 8. The largest absolute Gasteiger partial charge is 0.493 e. The first-order chi connectivity index (χ1) is 13.9. The summed E-state index contributed by atoms with van der Waals surface area (Å²) >= 11 is 1.62. The highest BCUT2D eigenvalue weighted by atomic mass is 32.2. The van der Waals surface area contributed by atoms with Gasteiger partial charge in [0.2, 0.25) is 0 Å². The number of benzene rings is 1. The summed E-state index contributed by atoms with van der Waals surface area (Å²) in [4.78, 5) is 6.75. The van der Waals surface area contributed by atoms with E-state index in [-0.39, 0.29) is 11.2 Å². The fourth-order valence-electron chi connectivity index (χ4n) is 3.51. The molecule has 1 fully saturated rings. The van der Waals surface area contributed by atoms with Gasteiger partial charge in [-0.1, -0.05) is 32.0 Å². The van der Waals surface area contributed by atoms with E-state index in [1.165, 1.54) is 6.07 Å². The van der Waals surface area contributed by atoms with Crippen molar-refractivity contribution in [2.45, 2.75) is 57.6 Å². The second-order valence-corrected chi connectivity index (χ2v) is 9.62. The lowest BCUT2D eigenvalue weighted by Gasteiger charge is -2.30. The van der Waals surface area contributed by atoms with Crippen LogP contribution in [0.15, 0.2) is 22.7 Å². The molecule has 0 atom stereocenters. The Hall–Kier alpha value is -1.76. The molecule has 0 spiro atoms. The zero-order valence-corrected chi connectivity index (χ0v) is 18.7. The minimum atomic E-state index is -0.181. The summed E-state index contributed by atoms with van der Waals surface area (Å²) in [5, 5.41) is 4.12. The fourth-order valence-corrected chi connectivity index (χ4v) is 4.06. The molecule has 29 heavy (non-hydrogen) atoms. The molecular weight excluding hydrogens is 389 g/mol. The molecule has 0 bridgehead atoms. The Balaban J connectivity index is 1.37. The van der Waals surface area contributed by atoms with E-state index in [1.807, 2.05) is 18.4 Å². The molecule has 1 aromatic carbocycles. The van der Waals surface area contributed by atoms with Crippen molar-refractivity contribution < 1.29 is 13.7 Å². The van der Waals surface area contributed by atoms with Crippen LogP contribution in [-0.4, -0.2) is 36.1 Å². The lowest BCUT2D eigenvalue weighted by Crippen LogP contribution is -2.34. The molecule has 0 N–H and O–H groups in total. The third-order valence-electron chi connectivity index (χ3n) is 5.32. The van der Waals surface area contributed by atoms with Crippen LogP contribution in [0.25, 0.3) is 0 Å². The Morgan fingerprint density at radius 3 is 2.66 bits per heavy atom. The maximum Gasteiger partial charge on any atom is 0.324 e. The molecule has 160 valence electrons. The predicted molar refractivity (Wildman–Crippen MR) is 116 cm³/mol. The van der Waals surface area contributed by atoms with E-state index in [1.54, 1.807) is 11.8 Å². The molecule has 0 unspecified atom stereocenters. The van der Waals surface area contributed by atoms with Crippen LogP contribution in [0.1, 0.15) is 57.8 Å². The average molecular weight is 422 g/mol. The zero-order valence-electron chi connectivity index (χ0n) is 17.9. The molecule has 0 saturated carbocycles. The summed E-state index contributed by atoms with van der Waals surface area (Å²) < 4.78 is 25.2. The van der Waals surface area contributed by atoms with Crippen molar-refractivity contribution >= 4 is 17.8 Å². The molecule has 7 heteroatoms. The van der Waals surface area contributed by atoms with Gasteiger partial charge < -0.3 is 14.2 Å². The molecule has 0 aliphatic carbocycles. The van der Waals surface area contributed by atoms with E-state index in [0.717, 1.165) is 50.2 Å². The highest BCUT2D eigenvalue weighted by Crippen LogP contribution is 2.27. The van der Waals surface area contributed by atoms with Crippen molar-refractivity contribution in [3.05, 3.63) is 35.4 Å². The van der Waals surface area contributed by atoms with E-state index in [4.69, 9.17) is 9.26 Å². The standard InChI is InChI=1S/C22H32FN3O2S/c1-22(2,3)20-24-21(28-25-20)26-11-9-16(10-12-26)6-5-13-27-18-8-7-17(15-29-4)19(23)14-18/h7-8,14,16H,5-6,9-13,15H2,1-4H3. The molecule has 3 rings (SSSR count). The van der Waals surface area contributed by atoms with Crippen LogP contribution in [0.3, 0.4) is 0 Å². The third kappa shape index (κ3) is 6.11. The minimum Gasteiger partial charge on any atom is -0.493 e. The number of thioether (sulfide) groups is 1. The maximum atomic E-state index is 14.0. The van der Waals surface area contributed by atoms with Crippen molar-refractivity contribution in [1.82, 2.24) is 10.1 Å². The van der Waals surface area contributed by atoms with Gasteiger partial charge in [0.05, 0.1) is 6.61 Å². The smallest absolute Gasteiger partial charge is 0.324 e. The number of hydrogen-bond donors (Lipinski definition) is 0. The summed E-state index contributed by atoms with van der Waals surface area (Å²) in [5.74, 6) is 2.56. The highest BCUT2D eigenvalue weighted by molar-refractivity contribution is 7.97. The molecule has 1 aliphatic heterocycles. The minimum absolute atomic E-state index is 0.0989. The summed E-state index contributed by atoms with van der Waals surface area (Å²) in [6.45, 7) is 8.77. The lowest BCUT2D eigenvalue weighted by molar-refractivity contribution is 0.275. The number of ether oxygens (including phenoxy) is 1. The van der Waals surface area contributed by atoms with Gasteiger partial charge in [-0.2, -0.15) is 16.7 Å². The molecule has 0 radical (unpaired) electrons. The first kappa shape index (κ1) is 21.9. The molecule has 1 aliphatic rings. The maximum absolute atomic E-state index is 14.0. The summed E-state index contributed by atoms with van der Waals surface area (Å²) in [5.41, 5.74) is 0.630. The Bertz CT molecular complexity index is 783. The molecule has 0 amide bonds. The fraction of sp³-hybridized carbons (Fsp3) is 0.636. The van der Waals surface area contributed by atoms with E-state index in [0.29, 0.717) is 30.0 Å². The van der Waals surface area contributed by atoms with Crippen LogP contribution in [0.4, 0.5) is 10.4 Å². The normalized spacial score (nSPS) is 15.7. The number of halogens is 1. The third-order valence-corrected chi connectivity index (χ3v) is 5.92. The average Bonchev–Trinajstić information content (AvgIpc) is 3.19. The Kier molecular flexibility index (Phi) is 7.44. The molecule has 1 saturated heterocycles. The van der Waals surface area contributed by atoms with Gasteiger partial charge in [0, 0.05) is 30.3 Å². The molecular formula is C22H32FN3O2S. The van der Waals surface area contributed by atoms with Crippen LogP contribution >= 0.6 is 11.8 Å². The Morgan fingerprint density at radius 1 is 1.28 bits per heavy atom. The van der Waals surface area contributed by atoms with E-state index < -0.39 is 0 Å². The first-order valence-electron chi connectivity index (χ1n) is 10.4. The van der Waals surface area contributed by atoms with E-state index in [9.17, 15) is 4.39 Å². The van der Waals surface area contributed by atoms with Gasteiger partial charge in [-0.25, -0.2) is 4.39 Å². The SMILES string of the molecule is CSCc1ccc(OCCCC2CCN(c3nc(C(C)(C)C)no3)CC2)cc1F. The number of nitrogens with zero attached hydrogens (tertiary/aromatic N) is 3. The highest BCUT2D eigenvalue weighted by Gasteiger charge is 2.26. The van der Waals surface area contributed by atoms with Gasteiger partial charge in [0.25, 0.3) is 0 Å². The lowest BCUT2D eigenvalue weighted by atomic mass is 9.92. The molecule has 5 nitrogen and oxygen atoms in total. The quantitative estimate of drug-likeness (QED) is 0.529. The molecule has 1 aromatic heterocycles. The molecule has 2 heterocycles. The number of anilines is 1.